The van der Waals surface area contributed by atoms with Gasteiger partial charge in [0.05, 0.1) is 12.5 Å². The molecule has 1 aliphatic carbocycles. The standard InChI is InChI=1S/C18H19NO3S/c20-16(11-22-17(21)10-13-8-9-23-12-13)19-18(15-6-7-15)14-4-2-1-3-5-14/h1-5,8-9,12,15,18H,6-7,10-11H2,(H,19,20)/t18-/m0/s1. The minimum atomic E-state index is -0.374. The lowest BCUT2D eigenvalue weighted by molar-refractivity contribution is -0.148. The van der Waals surface area contributed by atoms with Gasteiger partial charge >= 0.3 is 5.97 Å². The predicted octanol–water partition coefficient (Wildman–Crippen LogP) is 3.10. The van der Waals surface area contributed by atoms with Crippen molar-refractivity contribution in [2.75, 3.05) is 6.61 Å². The minimum absolute atomic E-state index is 0.0132. The number of rotatable bonds is 7. The Kier molecular flexibility index (Phi) is 5.08. The summed E-state index contributed by atoms with van der Waals surface area (Å²) in [7, 11) is 0. The Balaban J connectivity index is 1.49. The third kappa shape index (κ3) is 4.66. The lowest BCUT2D eigenvalue weighted by Gasteiger charge is -2.18. The Morgan fingerprint density at radius 2 is 2.00 bits per heavy atom. The van der Waals surface area contributed by atoms with Gasteiger partial charge in [0.2, 0.25) is 0 Å². The molecule has 3 rings (SSSR count). The molecule has 0 radical (unpaired) electrons. The summed E-state index contributed by atoms with van der Waals surface area (Å²) in [4.78, 5) is 23.8. The summed E-state index contributed by atoms with van der Waals surface area (Å²) in [6.45, 7) is -0.223. The molecule has 0 saturated heterocycles. The number of amides is 1. The molecule has 1 amide bonds. The van der Waals surface area contributed by atoms with Crippen LogP contribution in [0.3, 0.4) is 0 Å². The third-order valence-corrected chi connectivity index (χ3v) is 4.59. The van der Waals surface area contributed by atoms with Crippen LogP contribution in [0.1, 0.15) is 30.0 Å². The molecule has 1 aliphatic rings. The van der Waals surface area contributed by atoms with E-state index >= 15 is 0 Å². The second-order valence-electron chi connectivity index (χ2n) is 5.76. The van der Waals surface area contributed by atoms with Crippen molar-refractivity contribution >= 4 is 23.2 Å². The first-order valence-electron chi connectivity index (χ1n) is 7.73. The van der Waals surface area contributed by atoms with Crippen LogP contribution in [0.5, 0.6) is 0 Å². The van der Waals surface area contributed by atoms with E-state index in [9.17, 15) is 9.59 Å². The summed E-state index contributed by atoms with van der Waals surface area (Å²) in [6.07, 6.45) is 2.46. The molecular formula is C18H19NO3S. The molecule has 0 spiro atoms. The van der Waals surface area contributed by atoms with Crippen LogP contribution in [-0.4, -0.2) is 18.5 Å². The topological polar surface area (TPSA) is 55.4 Å². The fourth-order valence-electron chi connectivity index (χ4n) is 2.54. The van der Waals surface area contributed by atoms with Crippen LogP contribution >= 0.6 is 11.3 Å². The molecule has 120 valence electrons. The van der Waals surface area contributed by atoms with Gasteiger partial charge in [0, 0.05) is 0 Å². The van der Waals surface area contributed by atoms with Gasteiger partial charge < -0.3 is 10.1 Å². The van der Waals surface area contributed by atoms with Crippen LogP contribution in [0.4, 0.5) is 0 Å². The second-order valence-corrected chi connectivity index (χ2v) is 6.54. The van der Waals surface area contributed by atoms with Gasteiger partial charge in [-0.3, -0.25) is 9.59 Å². The highest BCUT2D eigenvalue weighted by Crippen LogP contribution is 2.40. The van der Waals surface area contributed by atoms with Gasteiger partial charge in [0.15, 0.2) is 6.61 Å². The van der Waals surface area contributed by atoms with E-state index in [0.29, 0.717) is 5.92 Å². The summed E-state index contributed by atoms with van der Waals surface area (Å²) in [6, 6.07) is 11.8. The first-order chi connectivity index (χ1) is 11.2. The molecule has 4 nitrogen and oxygen atoms in total. The Labute approximate surface area is 139 Å². The summed E-state index contributed by atoms with van der Waals surface area (Å²) >= 11 is 1.54. The molecule has 1 fully saturated rings. The molecule has 1 heterocycles. The number of ether oxygens (including phenoxy) is 1. The molecule has 0 aliphatic heterocycles. The van der Waals surface area contributed by atoms with Crippen molar-refractivity contribution in [1.82, 2.24) is 5.32 Å². The number of carbonyl (C=O) groups is 2. The van der Waals surface area contributed by atoms with Crippen LogP contribution in [0.15, 0.2) is 47.2 Å². The second kappa shape index (κ2) is 7.42. The lowest BCUT2D eigenvalue weighted by Crippen LogP contribution is -2.33. The number of carbonyl (C=O) groups excluding carboxylic acids is 2. The van der Waals surface area contributed by atoms with Crippen molar-refractivity contribution < 1.29 is 14.3 Å². The van der Waals surface area contributed by atoms with Gasteiger partial charge in [-0.1, -0.05) is 30.3 Å². The Hall–Kier alpha value is -2.14. The number of hydrogen-bond donors (Lipinski definition) is 1. The van der Waals surface area contributed by atoms with Crippen molar-refractivity contribution in [3.63, 3.8) is 0 Å². The molecule has 1 N–H and O–H groups in total. The van der Waals surface area contributed by atoms with Crippen LogP contribution in [0.2, 0.25) is 0 Å². The van der Waals surface area contributed by atoms with Gasteiger partial charge in [-0.2, -0.15) is 11.3 Å². The van der Waals surface area contributed by atoms with Crippen molar-refractivity contribution in [2.24, 2.45) is 5.92 Å². The summed E-state index contributed by atoms with van der Waals surface area (Å²) in [5.74, 6) is -0.131. The van der Waals surface area contributed by atoms with Gasteiger partial charge in [-0.05, 0) is 46.7 Å². The zero-order valence-electron chi connectivity index (χ0n) is 12.7. The SMILES string of the molecule is O=C(COC(=O)Cc1ccsc1)N[C@@H](c1ccccc1)C1CC1. The Morgan fingerprint density at radius 3 is 2.65 bits per heavy atom. The number of esters is 1. The molecule has 2 aromatic rings. The Morgan fingerprint density at radius 1 is 1.22 bits per heavy atom. The predicted molar refractivity (Wildman–Crippen MR) is 89.0 cm³/mol. The highest BCUT2D eigenvalue weighted by molar-refractivity contribution is 7.07. The van der Waals surface area contributed by atoms with Crippen molar-refractivity contribution in [1.29, 1.82) is 0 Å². The average Bonchev–Trinajstić information content (AvgIpc) is 3.28. The van der Waals surface area contributed by atoms with E-state index in [2.05, 4.69) is 5.32 Å². The fourth-order valence-corrected chi connectivity index (χ4v) is 3.20. The van der Waals surface area contributed by atoms with Crippen molar-refractivity contribution in [3.8, 4) is 0 Å². The molecule has 1 aromatic heterocycles. The molecule has 0 unspecified atom stereocenters. The van der Waals surface area contributed by atoms with Gasteiger partial charge in [0.1, 0.15) is 0 Å². The number of thiophene rings is 1. The highest BCUT2D eigenvalue weighted by Gasteiger charge is 2.33. The van der Waals surface area contributed by atoms with E-state index in [1.54, 1.807) is 0 Å². The first-order valence-corrected chi connectivity index (χ1v) is 8.67. The quantitative estimate of drug-likeness (QED) is 0.794. The number of nitrogens with one attached hydrogen (secondary N) is 1. The van der Waals surface area contributed by atoms with Gasteiger partial charge in [0.25, 0.3) is 5.91 Å². The van der Waals surface area contributed by atoms with E-state index in [1.807, 2.05) is 47.2 Å². The van der Waals surface area contributed by atoms with E-state index in [1.165, 1.54) is 11.3 Å². The normalized spacial score (nSPS) is 15.0. The maximum Gasteiger partial charge on any atom is 0.310 e. The molecular weight excluding hydrogens is 310 g/mol. The first kappa shape index (κ1) is 15.7. The zero-order chi connectivity index (χ0) is 16.1. The van der Waals surface area contributed by atoms with Gasteiger partial charge in [-0.25, -0.2) is 0 Å². The van der Waals surface area contributed by atoms with E-state index in [-0.39, 0.29) is 30.9 Å². The molecule has 0 bridgehead atoms. The van der Waals surface area contributed by atoms with E-state index in [4.69, 9.17) is 4.74 Å². The summed E-state index contributed by atoms with van der Waals surface area (Å²) < 4.78 is 5.07. The van der Waals surface area contributed by atoms with Crippen molar-refractivity contribution in [3.05, 3.63) is 58.3 Å². The molecule has 5 heteroatoms. The third-order valence-electron chi connectivity index (χ3n) is 3.86. The van der Waals surface area contributed by atoms with E-state index < -0.39 is 0 Å². The number of benzene rings is 1. The van der Waals surface area contributed by atoms with Crippen LogP contribution in [0, 0.1) is 5.92 Å². The maximum absolute atomic E-state index is 12.1. The summed E-state index contributed by atoms with van der Waals surface area (Å²) in [5.41, 5.74) is 2.02. The average molecular weight is 329 g/mol. The van der Waals surface area contributed by atoms with Crippen LogP contribution in [-0.2, 0) is 20.7 Å². The van der Waals surface area contributed by atoms with Crippen molar-refractivity contribution in [2.45, 2.75) is 25.3 Å². The molecule has 1 aromatic carbocycles. The minimum Gasteiger partial charge on any atom is -0.455 e. The maximum atomic E-state index is 12.1. The highest BCUT2D eigenvalue weighted by atomic mass is 32.1. The van der Waals surface area contributed by atoms with E-state index in [0.717, 1.165) is 24.0 Å². The van der Waals surface area contributed by atoms with Crippen LogP contribution < -0.4 is 5.32 Å². The molecule has 23 heavy (non-hydrogen) atoms. The summed E-state index contributed by atoms with van der Waals surface area (Å²) in [5, 5.41) is 6.81. The zero-order valence-corrected chi connectivity index (χ0v) is 13.6. The van der Waals surface area contributed by atoms with Gasteiger partial charge in [-0.15, -0.1) is 0 Å². The fraction of sp³-hybridized carbons (Fsp3) is 0.333. The molecule has 1 saturated carbocycles. The molecule has 1 atom stereocenters. The largest absolute Gasteiger partial charge is 0.455 e. The number of hydrogen-bond acceptors (Lipinski definition) is 4. The van der Waals surface area contributed by atoms with Crippen LogP contribution in [0.25, 0.3) is 0 Å². The lowest BCUT2D eigenvalue weighted by atomic mass is 10.0. The Bertz CT molecular complexity index is 650. The smallest absolute Gasteiger partial charge is 0.310 e. The monoisotopic (exact) mass is 329 g/mol.